The average Bonchev–Trinajstić information content (AvgIpc) is 2.73. The molecule has 1 saturated carbocycles. The lowest BCUT2D eigenvalue weighted by Crippen LogP contribution is -2.24. The lowest BCUT2D eigenvalue weighted by Gasteiger charge is -2.24. The summed E-state index contributed by atoms with van der Waals surface area (Å²) in [5.74, 6) is 0.0224. The Morgan fingerprint density at radius 3 is 2.71 bits per heavy atom. The third kappa shape index (κ3) is 4.91. The van der Waals surface area contributed by atoms with Crippen molar-refractivity contribution in [3.63, 3.8) is 0 Å². The molecule has 0 radical (unpaired) electrons. The number of hydrogen-bond acceptors (Lipinski definition) is 6. The van der Waals surface area contributed by atoms with Crippen LogP contribution >= 0.6 is 0 Å². The van der Waals surface area contributed by atoms with Gasteiger partial charge in [0.2, 0.25) is 11.9 Å². The quantitative estimate of drug-likeness (QED) is 0.684. The van der Waals surface area contributed by atoms with E-state index in [2.05, 4.69) is 25.6 Å². The van der Waals surface area contributed by atoms with E-state index in [9.17, 15) is 8.78 Å². The Morgan fingerprint density at radius 1 is 1.25 bits per heavy atom. The van der Waals surface area contributed by atoms with Crippen LogP contribution in [-0.2, 0) is 0 Å². The molecule has 1 aliphatic rings. The van der Waals surface area contributed by atoms with Crippen LogP contribution in [-0.4, -0.2) is 33.7 Å². The third-order valence-electron chi connectivity index (χ3n) is 4.90. The van der Waals surface area contributed by atoms with Crippen molar-refractivity contribution in [2.45, 2.75) is 57.7 Å². The maximum atomic E-state index is 14.0. The van der Waals surface area contributed by atoms with Gasteiger partial charge in [0.25, 0.3) is 0 Å². The molecule has 1 aliphatic carbocycles. The van der Waals surface area contributed by atoms with Crippen molar-refractivity contribution in [1.82, 2.24) is 15.0 Å². The summed E-state index contributed by atoms with van der Waals surface area (Å²) >= 11 is 0. The molecule has 2 heterocycles. The first kappa shape index (κ1) is 19.9. The van der Waals surface area contributed by atoms with Gasteiger partial charge in [0.05, 0.1) is 11.3 Å². The van der Waals surface area contributed by atoms with Crippen LogP contribution in [0.3, 0.4) is 0 Å². The maximum Gasteiger partial charge on any atom is 0.231 e. The molecule has 1 unspecified atom stereocenters. The minimum atomic E-state index is -0.979. The Labute approximate surface area is 163 Å². The monoisotopic (exact) mass is 386 g/mol. The molecule has 1 atom stereocenters. The molecule has 0 aliphatic heterocycles. The van der Waals surface area contributed by atoms with E-state index < -0.39 is 12.1 Å². The van der Waals surface area contributed by atoms with Crippen LogP contribution in [0.1, 0.15) is 51.0 Å². The Hall–Kier alpha value is -2.82. The number of aromatic nitrogens is 3. The Kier molecular flexibility index (Phi) is 6.69. The zero-order valence-electron chi connectivity index (χ0n) is 15.9. The van der Waals surface area contributed by atoms with E-state index >= 15 is 0 Å². The fraction of sp³-hybridized carbons (Fsp3) is 0.500. The predicted octanol–water partition coefficient (Wildman–Crippen LogP) is 4.45. The zero-order valence-corrected chi connectivity index (χ0v) is 15.9. The fourth-order valence-corrected chi connectivity index (χ4v) is 3.22. The van der Waals surface area contributed by atoms with E-state index in [0.717, 1.165) is 25.7 Å². The van der Waals surface area contributed by atoms with Crippen molar-refractivity contribution < 1.29 is 8.78 Å². The van der Waals surface area contributed by atoms with E-state index in [-0.39, 0.29) is 18.2 Å². The molecule has 1 fully saturated rings. The average molecular weight is 386 g/mol. The molecule has 6 nitrogen and oxygen atoms in total. The molecule has 2 aromatic heterocycles. The SMILES string of the molecule is CCC(F)CNc1ncc(-c2ccc(C#N)c(F)n2)c(NC2CCCCC2)n1. The lowest BCUT2D eigenvalue weighted by molar-refractivity contribution is 0.340. The van der Waals surface area contributed by atoms with E-state index in [1.807, 2.05) is 0 Å². The van der Waals surface area contributed by atoms with E-state index in [0.29, 0.717) is 29.4 Å². The molecule has 2 N–H and O–H groups in total. The molecule has 0 saturated heterocycles. The third-order valence-corrected chi connectivity index (χ3v) is 4.90. The van der Waals surface area contributed by atoms with Crippen molar-refractivity contribution >= 4 is 11.8 Å². The van der Waals surface area contributed by atoms with E-state index in [4.69, 9.17) is 5.26 Å². The first-order chi connectivity index (χ1) is 13.6. The van der Waals surface area contributed by atoms with Gasteiger partial charge >= 0.3 is 0 Å². The molecule has 0 spiro atoms. The predicted molar refractivity (Wildman–Crippen MR) is 104 cm³/mol. The van der Waals surface area contributed by atoms with Crippen LogP contribution < -0.4 is 10.6 Å². The molecule has 148 valence electrons. The van der Waals surface area contributed by atoms with E-state index in [1.165, 1.54) is 12.5 Å². The number of anilines is 2. The van der Waals surface area contributed by atoms with Crippen molar-refractivity contribution in [3.8, 4) is 17.3 Å². The lowest BCUT2D eigenvalue weighted by atomic mass is 9.95. The van der Waals surface area contributed by atoms with Gasteiger partial charge in [0.15, 0.2) is 0 Å². The Balaban J connectivity index is 1.90. The van der Waals surface area contributed by atoms with Gasteiger partial charge in [0, 0.05) is 18.8 Å². The van der Waals surface area contributed by atoms with Gasteiger partial charge in [-0.25, -0.2) is 14.4 Å². The van der Waals surface area contributed by atoms with E-state index in [1.54, 1.807) is 25.3 Å². The number of nitriles is 1. The van der Waals surface area contributed by atoms with Crippen molar-refractivity contribution in [2.75, 3.05) is 17.2 Å². The number of halogens is 2. The number of nitrogens with zero attached hydrogens (tertiary/aromatic N) is 4. The fourth-order valence-electron chi connectivity index (χ4n) is 3.22. The second kappa shape index (κ2) is 9.40. The van der Waals surface area contributed by atoms with Gasteiger partial charge in [-0.2, -0.15) is 14.6 Å². The van der Waals surface area contributed by atoms with Gasteiger partial charge in [-0.1, -0.05) is 26.2 Å². The van der Waals surface area contributed by atoms with Crippen molar-refractivity contribution in [2.24, 2.45) is 0 Å². The van der Waals surface area contributed by atoms with Gasteiger partial charge in [0.1, 0.15) is 23.6 Å². The Morgan fingerprint density at radius 2 is 2.04 bits per heavy atom. The first-order valence-corrected chi connectivity index (χ1v) is 9.69. The molecule has 3 rings (SSSR count). The van der Waals surface area contributed by atoms with Crippen LogP contribution in [0.2, 0.25) is 0 Å². The summed E-state index contributed by atoms with van der Waals surface area (Å²) in [7, 11) is 0. The summed E-state index contributed by atoms with van der Waals surface area (Å²) in [5.41, 5.74) is 0.781. The molecular weight excluding hydrogens is 362 g/mol. The highest BCUT2D eigenvalue weighted by atomic mass is 19.1. The molecule has 8 heteroatoms. The first-order valence-electron chi connectivity index (χ1n) is 9.69. The van der Waals surface area contributed by atoms with Gasteiger partial charge in [-0.05, 0) is 31.4 Å². The molecule has 0 aromatic carbocycles. The van der Waals surface area contributed by atoms with Crippen molar-refractivity contribution in [3.05, 3.63) is 29.8 Å². The molecule has 0 amide bonds. The molecular formula is C20H24F2N6. The summed E-state index contributed by atoms with van der Waals surface area (Å²) in [6, 6.07) is 5.00. The van der Waals surface area contributed by atoms with Crippen LogP contribution in [0.25, 0.3) is 11.3 Å². The van der Waals surface area contributed by atoms with Gasteiger partial charge in [-0.15, -0.1) is 0 Å². The largest absolute Gasteiger partial charge is 0.367 e. The van der Waals surface area contributed by atoms with Crippen molar-refractivity contribution in [1.29, 1.82) is 5.26 Å². The highest BCUT2D eigenvalue weighted by Gasteiger charge is 2.19. The number of nitrogens with one attached hydrogen (secondary N) is 2. The zero-order chi connectivity index (χ0) is 19.9. The normalized spacial score (nSPS) is 15.6. The summed E-state index contributed by atoms with van der Waals surface area (Å²) in [4.78, 5) is 12.6. The van der Waals surface area contributed by atoms with Gasteiger partial charge < -0.3 is 10.6 Å². The number of pyridine rings is 1. The minimum Gasteiger partial charge on any atom is -0.367 e. The molecule has 2 aromatic rings. The maximum absolute atomic E-state index is 14.0. The summed E-state index contributed by atoms with van der Waals surface area (Å²) < 4.78 is 27.5. The molecule has 0 bridgehead atoms. The minimum absolute atomic E-state index is 0.113. The highest BCUT2D eigenvalue weighted by molar-refractivity contribution is 5.73. The second-order valence-electron chi connectivity index (χ2n) is 6.97. The van der Waals surface area contributed by atoms with Gasteiger partial charge in [-0.3, -0.25) is 0 Å². The summed E-state index contributed by atoms with van der Waals surface area (Å²) in [6.07, 6.45) is 6.55. The number of hydrogen-bond donors (Lipinski definition) is 2. The number of alkyl halides is 1. The molecule has 28 heavy (non-hydrogen) atoms. The van der Waals surface area contributed by atoms with Crippen LogP contribution in [0.15, 0.2) is 18.3 Å². The van der Waals surface area contributed by atoms with Crippen LogP contribution in [0.4, 0.5) is 20.5 Å². The Bertz CT molecular complexity index is 845. The second-order valence-corrected chi connectivity index (χ2v) is 6.97. The van der Waals surface area contributed by atoms with Crippen LogP contribution in [0, 0.1) is 17.3 Å². The topological polar surface area (TPSA) is 86.5 Å². The smallest absolute Gasteiger partial charge is 0.231 e. The van der Waals surface area contributed by atoms with Crippen LogP contribution in [0.5, 0.6) is 0 Å². The number of rotatable bonds is 7. The summed E-state index contributed by atoms with van der Waals surface area (Å²) in [5, 5.41) is 15.2. The summed E-state index contributed by atoms with van der Waals surface area (Å²) in [6.45, 7) is 1.90. The standard InChI is InChI=1S/C20H24F2N6/c1-2-14(21)11-24-20-25-12-16(17-9-8-13(10-23)18(22)27-17)19(28-20)26-15-6-4-3-5-7-15/h8-9,12,14-15H,2-7,11H2,1H3,(H2,24,25,26,28). The highest BCUT2D eigenvalue weighted by Crippen LogP contribution is 2.29.